The summed E-state index contributed by atoms with van der Waals surface area (Å²) in [5.41, 5.74) is -0.876. The zero-order valence-corrected chi connectivity index (χ0v) is 18.8. The van der Waals surface area contributed by atoms with Gasteiger partial charge in [-0.15, -0.1) is 0 Å². The van der Waals surface area contributed by atoms with Crippen LogP contribution in [0, 0.1) is 5.82 Å². The molecule has 1 amide bonds. The molecule has 7 nitrogen and oxygen atoms in total. The topological polar surface area (TPSA) is 97.4 Å². The van der Waals surface area contributed by atoms with Crippen molar-refractivity contribution in [2.75, 3.05) is 17.6 Å². The van der Waals surface area contributed by atoms with Crippen LogP contribution in [-0.4, -0.2) is 32.2 Å². The first-order valence-corrected chi connectivity index (χ1v) is 11.6. The van der Waals surface area contributed by atoms with Crippen LogP contribution in [0.5, 0.6) is 5.88 Å². The minimum Gasteiger partial charge on any atom is -0.473 e. The van der Waals surface area contributed by atoms with Crippen molar-refractivity contribution >= 4 is 21.6 Å². The predicted molar refractivity (Wildman–Crippen MR) is 115 cm³/mol. The smallest absolute Gasteiger partial charge is 0.433 e. The van der Waals surface area contributed by atoms with Crippen LogP contribution in [0.25, 0.3) is 0 Å². The van der Waals surface area contributed by atoms with Gasteiger partial charge in [0.1, 0.15) is 18.1 Å². The highest BCUT2D eigenvalue weighted by Crippen LogP contribution is 2.30. The van der Waals surface area contributed by atoms with E-state index in [0.717, 1.165) is 24.5 Å². The van der Waals surface area contributed by atoms with Gasteiger partial charge in [0, 0.05) is 12.1 Å². The second-order valence-electron chi connectivity index (χ2n) is 7.09. The van der Waals surface area contributed by atoms with Gasteiger partial charge in [0.25, 0.3) is 0 Å². The van der Waals surface area contributed by atoms with E-state index in [4.69, 9.17) is 4.74 Å². The van der Waals surface area contributed by atoms with E-state index in [1.54, 1.807) is 19.1 Å². The molecule has 0 aliphatic heterocycles. The Bertz CT molecular complexity index is 1130. The molecule has 0 radical (unpaired) electrons. The lowest BCUT2D eigenvalue weighted by atomic mass is 9.99. The molecule has 1 aromatic heterocycles. The van der Waals surface area contributed by atoms with E-state index in [-0.39, 0.29) is 35.8 Å². The molecule has 0 saturated carbocycles. The molecule has 0 aliphatic rings. The summed E-state index contributed by atoms with van der Waals surface area (Å²) >= 11 is 0. The number of rotatable bonds is 9. The first-order chi connectivity index (χ1) is 15.3. The fourth-order valence-corrected chi connectivity index (χ4v) is 3.24. The predicted octanol–water partition coefficient (Wildman–Crippen LogP) is 3.99. The molecule has 0 spiro atoms. The first-order valence-electron chi connectivity index (χ1n) is 9.68. The number of carbonyl (C=O) groups excluding carboxylic acids is 1. The van der Waals surface area contributed by atoms with Crippen LogP contribution < -0.4 is 14.8 Å². The van der Waals surface area contributed by atoms with Crippen molar-refractivity contribution in [3.8, 4) is 5.88 Å². The number of anilines is 1. The summed E-state index contributed by atoms with van der Waals surface area (Å²) in [5, 5.41) is 2.57. The van der Waals surface area contributed by atoms with Crippen LogP contribution in [0.1, 0.15) is 36.6 Å². The molecule has 1 aromatic carbocycles. The third kappa shape index (κ3) is 7.74. The number of alkyl halides is 3. The minimum atomic E-state index is -4.66. The molecule has 2 aromatic rings. The molecule has 0 saturated heterocycles. The quantitative estimate of drug-likeness (QED) is 0.410. The number of pyridine rings is 1. The van der Waals surface area contributed by atoms with Crippen LogP contribution in [0.3, 0.4) is 0 Å². The zero-order chi connectivity index (χ0) is 24.8. The second kappa shape index (κ2) is 10.6. The fourth-order valence-electron chi connectivity index (χ4n) is 2.68. The van der Waals surface area contributed by atoms with Crippen LogP contribution in [-0.2, 0) is 27.5 Å². The summed E-state index contributed by atoms with van der Waals surface area (Å²) in [6.45, 7) is 3.05. The Morgan fingerprint density at radius 1 is 1.24 bits per heavy atom. The van der Waals surface area contributed by atoms with Crippen LogP contribution >= 0.6 is 0 Å². The van der Waals surface area contributed by atoms with Crippen molar-refractivity contribution in [2.45, 2.75) is 32.5 Å². The Morgan fingerprint density at radius 2 is 1.94 bits per heavy atom. The van der Waals surface area contributed by atoms with E-state index in [2.05, 4.69) is 10.3 Å². The minimum absolute atomic E-state index is 0.00466. The number of ether oxygens (including phenoxy) is 1. The molecule has 1 heterocycles. The Balaban J connectivity index is 2.15. The molecule has 2 rings (SSSR count). The lowest BCUT2D eigenvalue weighted by molar-refractivity contribution is -0.141. The Labute approximate surface area is 188 Å². The number of allylic oxidation sites excluding steroid dienone is 1. The standard InChI is InChI=1S/C21H23F4N3O4S/c1-4-5-10-32-20-15(7-9-18(27-20)21(23,24)25)12-26-19(29)13(2)14-6-8-17(16(22)11-14)28-33(3,30)31/h4-9,11,13,28H,10,12H2,1-3H3,(H,26,29)/b5-4+. The maximum absolute atomic E-state index is 14.2. The highest BCUT2D eigenvalue weighted by Gasteiger charge is 2.33. The molecular weight excluding hydrogens is 466 g/mol. The van der Waals surface area contributed by atoms with E-state index in [0.29, 0.717) is 0 Å². The van der Waals surface area contributed by atoms with Gasteiger partial charge in [-0.25, -0.2) is 17.8 Å². The van der Waals surface area contributed by atoms with Crippen molar-refractivity contribution in [2.24, 2.45) is 0 Å². The van der Waals surface area contributed by atoms with Gasteiger partial charge in [-0.05, 0) is 43.7 Å². The van der Waals surface area contributed by atoms with Crippen LogP contribution in [0.15, 0.2) is 42.5 Å². The van der Waals surface area contributed by atoms with Gasteiger partial charge >= 0.3 is 6.18 Å². The lowest BCUT2D eigenvalue weighted by Gasteiger charge is -2.16. The van der Waals surface area contributed by atoms with E-state index in [1.807, 2.05) is 4.72 Å². The Hall–Kier alpha value is -3.15. The molecule has 1 unspecified atom stereocenters. The van der Waals surface area contributed by atoms with E-state index >= 15 is 0 Å². The van der Waals surface area contributed by atoms with Crippen molar-refractivity contribution in [3.05, 3.63) is 65.1 Å². The summed E-state index contributed by atoms with van der Waals surface area (Å²) in [5.74, 6) is -2.48. The number of benzene rings is 1. The summed E-state index contributed by atoms with van der Waals surface area (Å²) < 4.78 is 83.0. The maximum atomic E-state index is 14.2. The summed E-state index contributed by atoms with van der Waals surface area (Å²) in [4.78, 5) is 16.1. The number of sulfonamides is 1. The van der Waals surface area contributed by atoms with E-state index in [9.17, 15) is 30.8 Å². The van der Waals surface area contributed by atoms with Gasteiger partial charge in [-0.1, -0.05) is 18.2 Å². The molecule has 33 heavy (non-hydrogen) atoms. The van der Waals surface area contributed by atoms with Gasteiger partial charge < -0.3 is 10.1 Å². The molecule has 1 atom stereocenters. The highest BCUT2D eigenvalue weighted by molar-refractivity contribution is 7.92. The summed E-state index contributed by atoms with van der Waals surface area (Å²) in [6.07, 6.45) is -0.532. The number of hydrogen-bond acceptors (Lipinski definition) is 5. The number of nitrogens with one attached hydrogen (secondary N) is 2. The van der Waals surface area contributed by atoms with Gasteiger partial charge in [-0.3, -0.25) is 9.52 Å². The average Bonchev–Trinajstić information content (AvgIpc) is 2.72. The molecule has 0 bridgehead atoms. The van der Waals surface area contributed by atoms with Crippen molar-refractivity contribution in [3.63, 3.8) is 0 Å². The molecule has 0 aliphatic carbocycles. The Morgan fingerprint density at radius 3 is 2.52 bits per heavy atom. The average molecular weight is 489 g/mol. The zero-order valence-electron chi connectivity index (χ0n) is 18.0. The molecule has 12 heteroatoms. The third-order valence-corrected chi connectivity index (χ3v) is 5.01. The van der Waals surface area contributed by atoms with E-state index < -0.39 is 39.5 Å². The summed E-state index contributed by atoms with van der Waals surface area (Å²) in [6, 6.07) is 5.57. The number of aromatic nitrogens is 1. The highest BCUT2D eigenvalue weighted by atomic mass is 32.2. The monoisotopic (exact) mass is 489 g/mol. The molecular formula is C21H23F4N3O4S. The number of nitrogens with zero attached hydrogens (tertiary/aromatic N) is 1. The normalized spacial score (nSPS) is 13.1. The van der Waals surface area contributed by atoms with Gasteiger partial charge in [-0.2, -0.15) is 13.2 Å². The van der Waals surface area contributed by atoms with Crippen molar-refractivity contribution < 1.29 is 35.5 Å². The molecule has 0 fully saturated rings. The fraction of sp³-hybridized carbons (Fsp3) is 0.333. The first kappa shape index (κ1) is 26.1. The van der Waals surface area contributed by atoms with Gasteiger partial charge in [0.2, 0.25) is 21.8 Å². The van der Waals surface area contributed by atoms with Crippen molar-refractivity contribution in [1.29, 1.82) is 0 Å². The lowest BCUT2D eigenvalue weighted by Crippen LogP contribution is -2.28. The van der Waals surface area contributed by atoms with Crippen LogP contribution in [0.4, 0.5) is 23.2 Å². The van der Waals surface area contributed by atoms with Crippen molar-refractivity contribution in [1.82, 2.24) is 10.3 Å². The largest absolute Gasteiger partial charge is 0.473 e. The summed E-state index contributed by atoms with van der Waals surface area (Å²) in [7, 11) is -3.68. The maximum Gasteiger partial charge on any atom is 0.433 e. The second-order valence-corrected chi connectivity index (χ2v) is 8.84. The number of amides is 1. The van der Waals surface area contributed by atoms with Gasteiger partial charge in [0.05, 0.1) is 17.9 Å². The van der Waals surface area contributed by atoms with E-state index in [1.165, 1.54) is 19.1 Å². The molecule has 2 N–H and O–H groups in total. The third-order valence-electron chi connectivity index (χ3n) is 4.42. The SMILES string of the molecule is C/C=C/COc1nc(C(F)(F)F)ccc1CNC(=O)C(C)c1ccc(NS(C)(=O)=O)c(F)c1. The van der Waals surface area contributed by atoms with Crippen LogP contribution in [0.2, 0.25) is 0 Å². The number of hydrogen-bond donors (Lipinski definition) is 2. The van der Waals surface area contributed by atoms with Gasteiger partial charge in [0.15, 0.2) is 0 Å². The number of halogens is 4. The molecule has 180 valence electrons. The Kier molecular flexibility index (Phi) is 8.42. The number of carbonyl (C=O) groups is 1.